The fraction of sp³-hybridized carbons (Fsp3) is 0.400. The Bertz CT molecular complexity index is 426. The molecular weight excluding hydrogens is 388 g/mol. The quantitative estimate of drug-likeness (QED) is 0.763. The lowest BCUT2D eigenvalue weighted by atomic mass is 10.0. The van der Waals surface area contributed by atoms with Gasteiger partial charge in [0.05, 0.1) is 19.7 Å². The van der Waals surface area contributed by atoms with Gasteiger partial charge in [-0.05, 0) is 43.8 Å². The van der Waals surface area contributed by atoms with Crippen LogP contribution in [0.25, 0.3) is 0 Å². The summed E-state index contributed by atoms with van der Waals surface area (Å²) in [4.78, 5) is 12.9. The molecule has 1 atom stereocenters. The number of hydrogen-bond acceptors (Lipinski definition) is 3. The highest BCUT2D eigenvalue weighted by atomic mass is 79.9. The van der Waals surface area contributed by atoms with Crippen LogP contribution in [0, 0.1) is 5.92 Å². The van der Waals surface area contributed by atoms with Crippen LogP contribution in [0.3, 0.4) is 0 Å². The molecule has 0 aliphatic rings. The molecule has 0 radical (unpaired) electrons. The van der Waals surface area contributed by atoms with Gasteiger partial charge >= 0.3 is 0 Å². The van der Waals surface area contributed by atoms with E-state index in [0.717, 1.165) is 8.26 Å². The van der Waals surface area contributed by atoms with Crippen LogP contribution in [0.1, 0.15) is 23.5 Å². The molecule has 0 bridgehead atoms. The lowest BCUT2D eigenvalue weighted by molar-refractivity contribution is 0.0944. The second-order valence-corrected chi connectivity index (χ2v) is 7.53. The van der Waals surface area contributed by atoms with Gasteiger partial charge in [0.15, 0.2) is 0 Å². The third-order valence-electron chi connectivity index (χ3n) is 2.13. The molecule has 1 amide bonds. The highest BCUT2D eigenvalue weighted by molar-refractivity contribution is 9.13. The van der Waals surface area contributed by atoms with Crippen molar-refractivity contribution in [2.75, 3.05) is 0 Å². The van der Waals surface area contributed by atoms with Crippen LogP contribution in [0.15, 0.2) is 14.3 Å². The average molecular weight is 400 g/mol. The molecule has 0 saturated carbocycles. The summed E-state index contributed by atoms with van der Waals surface area (Å²) in [5.41, 5.74) is 5.60. The molecule has 0 saturated heterocycles. The molecule has 0 fully saturated rings. The van der Waals surface area contributed by atoms with Crippen molar-refractivity contribution < 1.29 is 4.79 Å². The summed E-state index contributed by atoms with van der Waals surface area (Å²) in [6, 6.07) is 1.48. The Balaban J connectivity index is 2.81. The van der Waals surface area contributed by atoms with Crippen LogP contribution < -0.4 is 11.1 Å². The molecule has 0 aromatic carbocycles. The molecule has 1 rings (SSSR count). The summed E-state index contributed by atoms with van der Waals surface area (Å²) in [6.45, 7) is 3.93. The van der Waals surface area contributed by atoms with E-state index in [4.69, 9.17) is 18.0 Å². The van der Waals surface area contributed by atoms with Crippen molar-refractivity contribution >= 4 is 66.3 Å². The minimum atomic E-state index is -0.280. The molecule has 1 aromatic heterocycles. The van der Waals surface area contributed by atoms with Crippen molar-refractivity contribution in [3.63, 3.8) is 0 Å². The van der Waals surface area contributed by atoms with E-state index in [-0.39, 0.29) is 17.9 Å². The van der Waals surface area contributed by atoms with Gasteiger partial charge in [-0.2, -0.15) is 0 Å². The molecule has 94 valence electrons. The Morgan fingerprint density at radius 1 is 1.53 bits per heavy atom. The van der Waals surface area contributed by atoms with Crippen LogP contribution in [0.5, 0.6) is 0 Å². The van der Waals surface area contributed by atoms with E-state index >= 15 is 0 Å². The molecule has 0 spiro atoms. The van der Waals surface area contributed by atoms with Crippen molar-refractivity contribution in [3.8, 4) is 0 Å². The maximum absolute atomic E-state index is 12.0. The SMILES string of the molecule is CC(C)C(NC(=O)c1cc(Br)c(Br)s1)C(N)=S. The Kier molecular flexibility index (Phi) is 5.56. The molecule has 1 aromatic rings. The minimum Gasteiger partial charge on any atom is -0.392 e. The number of amides is 1. The fourth-order valence-corrected chi connectivity index (χ4v) is 3.51. The first-order valence-corrected chi connectivity index (χ1v) is 7.69. The highest BCUT2D eigenvalue weighted by Gasteiger charge is 2.21. The topological polar surface area (TPSA) is 55.1 Å². The predicted molar refractivity (Wildman–Crippen MR) is 82.6 cm³/mol. The molecule has 3 nitrogen and oxygen atoms in total. The molecule has 3 N–H and O–H groups in total. The van der Waals surface area contributed by atoms with Gasteiger partial charge in [0.25, 0.3) is 5.91 Å². The van der Waals surface area contributed by atoms with E-state index in [1.807, 2.05) is 13.8 Å². The van der Waals surface area contributed by atoms with Crippen molar-refractivity contribution in [2.24, 2.45) is 11.7 Å². The number of thiocarbonyl (C=S) groups is 1. The summed E-state index contributed by atoms with van der Waals surface area (Å²) < 4.78 is 1.75. The summed E-state index contributed by atoms with van der Waals surface area (Å²) in [6.07, 6.45) is 0. The van der Waals surface area contributed by atoms with Crippen LogP contribution in [-0.2, 0) is 0 Å². The number of nitrogens with two attached hydrogens (primary N) is 1. The van der Waals surface area contributed by atoms with Crippen LogP contribution in [0.2, 0.25) is 0 Å². The van der Waals surface area contributed by atoms with Gasteiger partial charge in [0.1, 0.15) is 0 Å². The molecule has 0 aliphatic heterocycles. The lowest BCUT2D eigenvalue weighted by Crippen LogP contribution is -2.46. The molecule has 7 heteroatoms. The third kappa shape index (κ3) is 4.01. The van der Waals surface area contributed by atoms with Crippen molar-refractivity contribution in [2.45, 2.75) is 19.9 Å². The predicted octanol–water partition coefficient (Wildman–Crippen LogP) is 3.31. The Labute approximate surface area is 126 Å². The molecule has 0 aliphatic carbocycles. The van der Waals surface area contributed by atoms with Gasteiger partial charge in [-0.25, -0.2) is 0 Å². The summed E-state index contributed by atoms with van der Waals surface area (Å²) in [7, 11) is 0. The molecular formula is C10H12Br2N2OS2. The number of halogens is 2. The Hall–Kier alpha value is 0.0200. The van der Waals surface area contributed by atoms with Crippen molar-refractivity contribution in [3.05, 3.63) is 19.2 Å². The highest BCUT2D eigenvalue weighted by Crippen LogP contribution is 2.32. The number of carbonyl (C=O) groups excluding carboxylic acids is 1. The molecule has 1 heterocycles. The zero-order valence-electron chi connectivity index (χ0n) is 9.29. The monoisotopic (exact) mass is 398 g/mol. The second kappa shape index (κ2) is 6.26. The molecule has 1 unspecified atom stereocenters. The summed E-state index contributed by atoms with van der Waals surface area (Å²) >= 11 is 13.0. The average Bonchev–Trinajstić information content (AvgIpc) is 2.54. The maximum atomic E-state index is 12.0. The number of nitrogens with one attached hydrogen (secondary N) is 1. The zero-order valence-corrected chi connectivity index (χ0v) is 14.1. The van der Waals surface area contributed by atoms with Gasteiger partial charge in [-0.1, -0.05) is 26.1 Å². The van der Waals surface area contributed by atoms with E-state index < -0.39 is 0 Å². The standard InChI is InChI=1S/C10H12Br2N2OS2/c1-4(2)7(9(13)16)14-10(15)6-3-5(11)8(12)17-6/h3-4,7H,1-2H3,(H2,13,16)(H,14,15). The number of carbonyl (C=O) groups is 1. The third-order valence-corrected chi connectivity index (χ3v) is 5.64. The Morgan fingerprint density at radius 3 is 2.47 bits per heavy atom. The summed E-state index contributed by atoms with van der Waals surface area (Å²) in [5.74, 6) is 0.0104. The fourth-order valence-electron chi connectivity index (χ4n) is 1.24. The smallest absolute Gasteiger partial charge is 0.262 e. The van der Waals surface area contributed by atoms with E-state index in [1.54, 1.807) is 6.07 Å². The Morgan fingerprint density at radius 2 is 2.12 bits per heavy atom. The maximum Gasteiger partial charge on any atom is 0.262 e. The van der Waals surface area contributed by atoms with Gasteiger partial charge in [0, 0.05) is 4.47 Å². The number of thiophene rings is 1. The van der Waals surface area contributed by atoms with Crippen LogP contribution in [0.4, 0.5) is 0 Å². The molecule has 17 heavy (non-hydrogen) atoms. The first-order chi connectivity index (χ1) is 7.82. The van der Waals surface area contributed by atoms with Crippen molar-refractivity contribution in [1.29, 1.82) is 0 Å². The van der Waals surface area contributed by atoms with E-state index in [0.29, 0.717) is 9.87 Å². The van der Waals surface area contributed by atoms with Gasteiger partial charge in [-0.15, -0.1) is 11.3 Å². The van der Waals surface area contributed by atoms with E-state index in [2.05, 4.69) is 37.2 Å². The normalized spacial score (nSPS) is 12.5. The van der Waals surface area contributed by atoms with Crippen molar-refractivity contribution in [1.82, 2.24) is 5.32 Å². The van der Waals surface area contributed by atoms with Crippen LogP contribution in [-0.4, -0.2) is 16.9 Å². The van der Waals surface area contributed by atoms with Crippen LogP contribution >= 0.6 is 55.4 Å². The lowest BCUT2D eigenvalue weighted by Gasteiger charge is -2.20. The van der Waals surface area contributed by atoms with Gasteiger partial charge in [0.2, 0.25) is 0 Å². The van der Waals surface area contributed by atoms with Gasteiger partial charge in [-0.3, -0.25) is 4.79 Å². The first-order valence-electron chi connectivity index (χ1n) is 4.88. The second-order valence-electron chi connectivity index (χ2n) is 3.83. The van der Waals surface area contributed by atoms with E-state index in [9.17, 15) is 4.79 Å². The number of hydrogen-bond donors (Lipinski definition) is 2. The largest absolute Gasteiger partial charge is 0.392 e. The minimum absolute atomic E-state index is 0.159. The zero-order chi connectivity index (χ0) is 13.2. The van der Waals surface area contributed by atoms with E-state index in [1.165, 1.54) is 11.3 Å². The number of rotatable bonds is 4. The summed E-state index contributed by atoms with van der Waals surface area (Å²) in [5, 5.41) is 2.84. The van der Waals surface area contributed by atoms with Gasteiger partial charge < -0.3 is 11.1 Å². The first kappa shape index (κ1) is 15.1.